The first-order valence-electron chi connectivity index (χ1n) is 5.29. The van der Waals surface area contributed by atoms with Crippen LogP contribution in [0.15, 0.2) is 0 Å². The van der Waals surface area contributed by atoms with E-state index < -0.39 is 0 Å². The number of nitrogens with zero attached hydrogens (tertiary/aromatic N) is 1. The SMILES string of the molecule is CC(C)(C)N1C(=O)CNCCC1(C)C. The molecule has 1 saturated heterocycles. The van der Waals surface area contributed by atoms with Crippen LogP contribution in [0.3, 0.4) is 0 Å². The fourth-order valence-corrected chi connectivity index (χ4v) is 2.40. The van der Waals surface area contributed by atoms with Crippen molar-refractivity contribution in [3.63, 3.8) is 0 Å². The van der Waals surface area contributed by atoms with E-state index in [1.807, 2.05) is 4.90 Å². The van der Waals surface area contributed by atoms with Crippen LogP contribution in [0.1, 0.15) is 41.0 Å². The molecule has 0 bridgehead atoms. The second-order valence-corrected chi connectivity index (χ2v) is 5.64. The first-order chi connectivity index (χ1) is 6.25. The van der Waals surface area contributed by atoms with Crippen LogP contribution < -0.4 is 5.32 Å². The molecule has 1 N–H and O–H groups in total. The summed E-state index contributed by atoms with van der Waals surface area (Å²) < 4.78 is 0. The maximum absolute atomic E-state index is 11.9. The molecular weight excluding hydrogens is 176 g/mol. The van der Waals surface area contributed by atoms with E-state index in [1.54, 1.807) is 0 Å². The van der Waals surface area contributed by atoms with Gasteiger partial charge in [0.2, 0.25) is 5.91 Å². The molecule has 0 spiro atoms. The summed E-state index contributed by atoms with van der Waals surface area (Å²) in [5, 5.41) is 3.16. The molecule has 0 aliphatic carbocycles. The molecule has 0 aromatic rings. The molecule has 1 rings (SSSR count). The van der Waals surface area contributed by atoms with Crippen LogP contribution in [0.2, 0.25) is 0 Å². The normalized spacial score (nSPS) is 23.5. The van der Waals surface area contributed by atoms with Crippen molar-refractivity contribution >= 4 is 5.91 Å². The molecule has 0 saturated carbocycles. The summed E-state index contributed by atoms with van der Waals surface area (Å²) in [6.07, 6.45) is 1.01. The van der Waals surface area contributed by atoms with Crippen LogP contribution in [0.4, 0.5) is 0 Å². The van der Waals surface area contributed by atoms with Crippen LogP contribution in [-0.4, -0.2) is 35.0 Å². The van der Waals surface area contributed by atoms with Gasteiger partial charge in [-0.2, -0.15) is 0 Å². The molecule has 1 amide bonds. The van der Waals surface area contributed by atoms with Crippen molar-refractivity contribution in [2.24, 2.45) is 0 Å². The summed E-state index contributed by atoms with van der Waals surface area (Å²) in [6, 6.07) is 0. The number of hydrogen-bond donors (Lipinski definition) is 1. The highest BCUT2D eigenvalue weighted by Crippen LogP contribution is 2.28. The van der Waals surface area contributed by atoms with Gasteiger partial charge in [0.15, 0.2) is 0 Å². The molecule has 1 aliphatic rings. The summed E-state index contributed by atoms with van der Waals surface area (Å²) in [4.78, 5) is 14.0. The lowest BCUT2D eigenvalue weighted by Gasteiger charge is -2.46. The summed E-state index contributed by atoms with van der Waals surface area (Å²) in [7, 11) is 0. The molecule has 0 atom stereocenters. The van der Waals surface area contributed by atoms with Gasteiger partial charge in [-0.05, 0) is 47.6 Å². The molecule has 0 radical (unpaired) electrons. The zero-order valence-corrected chi connectivity index (χ0v) is 9.98. The highest BCUT2D eigenvalue weighted by molar-refractivity contribution is 5.80. The number of hydrogen-bond acceptors (Lipinski definition) is 2. The van der Waals surface area contributed by atoms with E-state index in [0.29, 0.717) is 6.54 Å². The summed E-state index contributed by atoms with van der Waals surface area (Å²) in [5.74, 6) is 0.208. The first-order valence-corrected chi connectivity index (χ1v) is 5.29. The Morgan fingerprint density at radius 1 is 1.36 bits per heavy atom. The Morgan fingerprint density at radius 3 is 2.43 bits per heavy atom. The average Bonchev–Trinajstić information content (AvgIpc) is 2.05. The Bertz CT molecular complexity index is 228. The molecule has 0 aromatic carbocycles. The van der Waals surface area contributed by atoms with Crippen LogP contribution in [0, 0.1) is 0 Å². The molecule has 3 heteroatoms. The minimum absolute atomic E-state index is 0.0428. The Morgan fingerprint density at radius 2 is 1.93 bits per heavy atom. The van der Waals surface area contributed by atoms with Gasteiger partial charge in [0.25, 0.3) is 0 Å². The fourth-order valence-electron chi connectivity index (χ4n) is 2.40. The number of rotatable bonds is 0. The summed E-state index contributed by atoms with van der Waals surface area (Å²) >= 11 is 0. The van der Waals surface area contributed by atoms with Crippen molar-refractivity contribution in [3.8, 4) is 0 Å². The van der Waals surface area contributed by atoms with Gasteiger partial charge in [-0.3, -0.25) is 4.79 Å². The van der Waals surface area contributed by atoms with Gasteiger partial charge in [-0.15, -0.1) is 0 Å². The Labute approximate surface area is 86.9 Å². The molecule has 82 valence electrons. The minimum atomic E-state index is -0.0907. The quantitative estimate of drug-likeness (QED) is 0.638. The summed E-state index contributed by atoms with van der Waals surface area (Å²) in [5.41, 5.74) is -0.133. The van der Waals surface area contributed by atoms with Gasteiger partial charge < -0.3 is 10.2 Å². The van der Waals surface area contributed by atoms with Crippen molar-refractivity contribution < 1.29 is 4.79 Å². The number of nitrogens with one attached hydrogen (secondary N) is 1. The number of carbonyl (C=O) groups excluding carboxylic acids is 1. The summed E-state index contributed by atoms with van der Waals surface area (Å²) in [6.45, 7) is 12.0. The Kier molecular flexibility index (Phi) is 2.91. The predicted molar refractivity (Wildman–Crippen MR) is 58.2 cm³/mol. The number of amides is 1. The molecule has 1 aliphatic heterocycles. The van der Waals surface area contributed by atoms with Crippen molar-refractivity contribution in [1.82, 2.24) is 10.2 Å². The largest absolute Gasteiger partial charge is 0.332 e. The smallest absolute Gasteiger partial charge is 0.237 e. The first kappa shape index (κ1) is 11.5. The highest BCUT2D eigenvalue weighted by Gasteiger charge is 2.39. The maximum atomic E-state index is 11.9. The van der Waals surface area contributed by atoms with Gasteiger partial charge in [-0.1, -0.05) is 0 Å². The maximum Gasteiger partial charge on any atom is 0.237 e. The van der Waals surface area contributed by atoms with Crippen molar-refractivity contribution in [2.75, 3.05) is 13.1 Å². The number of carbonyl (C=O) groups is 1. The fraction of sp³-hybridized carbons (Fsp3) is 0.909. The second kappa shape index (κ2) is 3.54. The molecule has 3 nitrogen and oxygen atoms in total. The standard InChI is InChI=1S/C11H22N2O/c1-10(2,3)13-9(14)8-12-7-6-11(13,4)5/h12H,6-8H2,1-5H3. The van der Waals surface area contributed by atoms with Crippen molar-refractivity contribution in [3.05, 3.63) is 0 Å². The van der Waals surface area contributed by atoms with Crippen LogP contribution in [0.5, 0.6) is 0 Å². The van der Waals surface area contributed by atoms with Gasteiger partial charge in [0, 0.05) is 11.1 Å². The third kappa shape index (κ3) is 2.27. The van der Waals surface area contributed by atoms with Gasteiger partial charge in [-0.25, -0.2) is 0 Å². The van der Waals surface area contributed by atoms with Crippen molar-refractivity contribution in [2.45, 2.75) is 52.1 Å². The monoisotopic (exact) mass is 198 g/mol. The molecule has 0 unspecified atom stereocenters. The van der Waals surface area contributed by atoms with Gasteiger partial charge >= 0.3 is 0 Å². The topological polar surface area (TPSA) is 32.3 Å². The predicted octanol–water partition coefficient (Wildman–Crippen LogP) is 1.39. The minimum Gasteiger partial charge on any atom is -0.332 e. The lowest BCUT2D eigenvalue weighted by atomic mass is 9.92. The molecular formula is C11H22N2O. The third-order valence-electron chi connectivity index (χ3n) is 2.72. The lowest BCUT2D eigenvalue weighted by molar-refractivity contribution is -0.141. The van der Waals surface area contributed by atoms with E-state index in [2.05, 4.69) is 39.9 Å². The Balaban J connectivity index is 2.99. The zero-order chi connectivity index (χ0) is 11.0. The van der Waals surface area contributed by atoms with Crippen LogP contribution in [-0.2, 0) is 4.79 Å². The molecule has 1 heterocycles. The lowest BCUT2D eigenvalue weighted by Crippen LogP contribution is -2.57. The van der Waals surface area contributed by atoms with E-state index >= 15 is 0 Å². The highest BCUT2D eigenvalue weighted by atomic mass is 16.2. The van der Waals surface area contributed by atoms with E-state index in [4.69, 9.17) is 0 Å². The third-order valence-corrected chi connectivity index (χ3v) is 2.72. The van der Waals surface area contributed by atoms with E-state index in [-0.39, 0.29) is 17.0 Å². The van der Waals surface area contributed by atoms with E-state index in [0.717, 1.165) is 13.0 Å². The van der Waals surface area contributed by atoms with E-state index in [9.17, 15) is 4.79 Å². The van der Waals surface area contributed by atoms with Crippen LogP contribution in [0.25, 0.3) is 0 Å². The second-order valence-electron chi connectivity index (χ2n) is 5.64. The zero-order valence-electron chi connectivity index (χ0n) is 9.98. The average molecular weight is 198 g/mol. The van der Waals surface area contributed by atoms with E-state index in [1.165, 1.54) is 0 Å². The van der Waals surface area contributed by atoms with Gasteiger partial charge in [0.1, 0.15) is 0 Å². The molecule has 0 aromatic heterocycles. The van der Waals surface area contributed by atoms with Crippen LogP contribution >= 0.6 is 0 Å². The van der Waals surface area contributed by atoms with Gasteiger partial charge in [0.05, 0.1) is 6.54 Å². The molecule has 14 heavy (non-hydrogen) atoms. The Hall–Kier alpha value is -0.570. The molecule has 1 fully saturated rings. The van der Waals surface area contributed by atoms with Crippen molar-refractivity contribution in [1.29, 1.82) is 0 Å².